The summed E-state index contributed by atoms with van der Waals surface area (Å²) in [6.07, 6.45) is 6.49. The highest BCUT2D eigenvalue weighted by atomic mass is 16.5. The van der Waals surface area contributed by atoms with Crippen LogP contribution in [0.15, 0.2) is 18.2 Å². The third-order valence-corrected chi connectivity index (χ3v) is 4.02. The number of hydrogen-bond donors (Lipinski definition) is 1. The predicted octanol–water partition coefficient (Wildman–Crippen LogP) is 3.93. The van der Waals surface area contributed by atoms with Crippen LogP contribution in [0.4, 0.5) is 0 Å². The average Bonchev–Trinajstić information content (AvgIpc) is 3.31. The van der Waals surface area contributed by atoms with Crippen LogP contribution >= 0.6 is 0 Å². The van der Waals surface area contributed by atoms with E-state index in [0.717, 1.165) is 30.4 Å². The lowest BCUT2D eigenvalue weighted by molar-refractivity contribution is 0.379. The molecule has 2 rings (SSSR count). The average molecular weight is 277 g/mol. The van der Waals surface area contributed by atoms with Crippen LogP contribution in [0.5, 0.6) is 11.5 Å². The molecule has 20 heavy (non-hydrogen) atoms. The van der Waals surface area contributed by atoms with Crippen molar-refractivity contribution in [1.29, 1.82) is 0 Å². The molecular weight excluding hydrogens is 250 g/mol. The van der Waals surface area contributed by atoms with Crippen LogP contribution in [-0.4, -0.2) is 20.8 Å². The van der Waals surface area contributed by atoms with Gasteiger partial charge < -0.3 is 14.8 Å². The lowest BCUT2D eigenvalue weighted by atomic mass is 9.99. The third kappa shape index (κ3) is 4.14. The van der Waals surface area contributed by atoms with Crippen LogP contribution in [0.1, 0.15) is 50.6 Å². The van der Waals surface area contributed by atoms with Crippen LogP contribution in [0.25, 0.3) is 0 Å². The Kier molecular flexibility index (Phi) is 5.72. The fraction of sp³-hybridized carbons (Fsp3) is 0.647. The highest BCUT2D eigenvalue weighted by Gasteiger charge is 2.24. The highest BCUT2D eigenvalue weighted by Crippen LogP contribution is 2.38. The van der Waals surface area contributed by atoms with Gasteiger partial charge >= 0.3 is 0 Å². The van der Waals surface area contributed by atoms with E-state index < -0.39 is 0 Å². The summed E-state index contributed by atoms with van der Waals surface area (Å²) in [6.45, 7) is 3.25. The molecule has 0 amide bonds. The van der Waals surface area contributed by atoms with Gasteiger partial charge in [0.1, 0.15) is 11.5 Å². The van der Waals surface area contributed by atoms with Gasteiger partial charge in [0.15, 0.2) is 0 Å². The topological polar surface area (TPSA) is 30.5 Å². The van der Waals surface area contributed by atoms with E-state index in [1.54, 1.807) is 14.2 Å². The minimum absolute atomic E-state index is 0.386. The molecule has 112 valence electrons. The number of hydrogen-bond acceptors (Lipinski definition) is 3. The van der Waals surface area contributed by atoms with Crippen molar-refractivity contribution in [2.75, 3.05) is 20.8 Å². The Hall–Kier alpha value is -1.22. The first-order chi connectivity index (χ1) is 9.78. The maximum atomic E-state index is 5.55. The molecule has 1 aliphatic rings. The number of nitrogens with one attached hydrogen (secondary N) is 1. The van der Waals surface area contributed by atoms with E-state index in [1.165, 1.54) is 31.2 Å². The van der Waals surface area contributed by atoms with Crippen molar-refractivity contribution in [3.8, 4) is 11.5 Å². The van der Waals surface area contributed by atoms with Gasteiger partial charge in [0, 0.05) is 17.7 Å². The zero-order valence-corrected chi connectivity index (χ0v) is 12.9. The smallest absolute Gasteiger partial charge is 0.127 e. The van der Waals surface area contributed by atoms with Gasteiger partial charge in [0.05, 0.1) is 14.2 Å². The third-order valence-electron chi connectivity index (χ3n) is 4.02. The van der Waals surface area contributed by atoms with Crippen LogP contribution in [0.3, 0.4) is 0 Å². The molecule has 0 aromatic heterocycles. The second kappa shape index (κ2) is 7.53. The Labute approximate surface area is 122 Å². The minimum Gasteiger partial charge on any atom is -0.497 e. The monoisotopic (exact) mass is 277 g/mol. The highest BCUT2D eigenvalue weighted by molar-refractivity contribution is 5.42. The van der Waals surface area contributed by atoms with Gasteiger partial charge in [-0.25, -0.2) is 0 Å². The summed E-state index contributed by atoms with van der Waals surface area (Å²) < 4.78 is 10.8. The fourth-order valence-electron chi connectivity index (χ4n) is 2.60. The zero-order chi connectivity index (χ0) is 14.4. The molecule has 0 bridgehead atoms. The molecule has 0 spiro atoms. The van der Waals surface area contributed by atoms with Gasteiger partial charge in [0.2, 0.25) is 0 Å². The Bertz CT molecular complexity index is 415. The summed E-state index contributed by atoms with van der Waals surface area (Å²) in [7, 11) is 3.42. The lowest BCUT2D eigenvalue weighted by Gasteiger charge is -2.21. The quantitative estimate of drug-likeness (QED) is 0.741. The molecule has 1 saturated carbocycles. The molecule has 3 heteroatoms. The molecule has 0 heterocycles. The fourth-order valence-corrected chi connectivity index (χ4v) is 2.60. The molecule has 1 fully saturated rings. The van der Waals surface area contributed by atoms with E-state index in [2.05, 4.69) is 18.3 Å². The van der Waals surface area contributed by atoms with Crippen molar-refractivity contribution >= 4 is 0 Å². The Morgan fingerprint density at radius 2 is 2.05 bits per heavy atom. The number of rotatable bonds is 9. The Morgan fingerprint density at radius 3 is 2.65 bits per heavy atom. The summed E-state index contributed by atoms with van der Waals surface area (Å²) in [5.41, 5.74) is 1.25. The standard InChI is InChI=1S/C17H27NO2/c1-4-11-18-16(10-7-13-5-6-13)15-9-8-14(19-2)12-17(15)20-3/h8-9,12-13,16,18H,4-7,10-11H2,1-3H3. The van der Waals surface area contributed by atoms with Crippen molar-refractivity contribution in [3.63, 3.8) is 0 Å². The van der Waals surface area contributed by atoms with Gasteiger partial charge in [-0.2, -0.15) is 0 Å². The Morgan fingerprint density at radius 1 is 1.25 bits per heavy atom. The summed E-state index contributed by atoms with van der Waals surface area (Å²) >= 11 is 0. The van der Waals surface area contributed by atoms with E-state index >= 15 is 0 Å². The van der Waals surface area contributed by atoms with Gasteiger partial charge in [0.25, 0.3) is 0 Å². The summed E-state index contributed by atoms with van der Waals surface area (Å²) in [5, 5.41) is 3.66. The van der Waals surface area contributed by atoms with E-state index in [9.17, 15) is 0 Å². The molecule has 0 saturated heterocycles. The normalized spacial score (nSPS) is 15.9. The second-order valence-electron chi connectivity index (χ2n) is 5.64. The van der Waals surface area contributed by atoms with Crippen LogP contribution in [-0.2, 0) is 0 Å². The molecular formula is C17H27NO2. The number of benzene rings is 1. The molecule has 1 aromatic carbocycles. The van der Waals surface area contributed by atoms with E-state index in [-0.39, 0.29) is 0 Å². The van der Waals surface area contributed by atoms with Crippen molar-refractivity contribution in [2.24, 2.45) is 5.92 Å². The SMILES string of the molecule is CCCNC(CCC1CC1)c1ccc(OC)cc1OC. The van der Waals surface area contributed by atoms with Crippen LogP contribution in [0, 0.1) is 5.92 Å². The molecule has 1 aliphatic carbocycles. The van der Waals surface area contributed by atoms with Gasteiger partial charge in [-0.3, -0.25) is 0 Å². The van der Waals surface area contributed by atoms with Crippen LogP contribution in [0.2, 0.25) is 0 Å². The summed E-state index contributed by atoms with van der Waals surface area (Å²) in [4.78, 5) is 0. The van der Waals surface area contributed by atoms with E-state index in [0.29, 0.717) is 6.04 Å². The van der Waals surface area contributed by atoms with Crippen molar-refractivity contribution in [1.82, 2.24) is 5.32 Å². The van der Waals surface area contributed by atoms with Gasteiger partial charge in [-0.1, -0.05) is 25.8 Å². The van der Waals surface area contributed by atoms with Crippen molar-refractivity contribution < 1.29 is 9.47 Å². The Balaban J connectivity index is 2.11. The van der Waals surface area contributed by atoms with Crippen molar-refractivity contribution in [2.45, 2.75) is 45.1 Å². The maximum Gasteiger partial charge on any atom is 0.127 e. The zero-order valence-electron chi connectivity index (χ0n) is 12.9. The van der Waals surface area contributed by atoms with Crippen LogP contribution < -0.4 is 14.8 Å². The van der Waals surface area contributed by atoms with E-state index in [4.69, 9.17) is 9.47 Å². The maximum absolute atomic E-state index is 5.55. The number of ether oxygens (including phenoxy) is 2. The van der Waals surface area contributed by atoms with Crippen molar-refractivity contribution in [3.05, 3.63) is 23.8 Å². The molecule has 1 unspecified atom stereocenters. The van der Waals surface area contributed by atoms with Gasteiger partial charge in [-0.05, 0) is 37.8 Å². The molecule has 0 aliphatic heterocycles. The first-order valence-electron chi connectivity index (χ1n) is 7.73. The molecule has 1 aromatic rings. The molecule has 3 nitrogen and oxygen atoms in total. The predicted molar refractivity (Wildman–Crippen MR) is 82.5 cm³/mol. The first-order valence-corrected chi connectivity index (χ1v) is 7.73. The molecule has 1 atom stereocenters. The van der Waals surface area contributed by atoms with E-state index in [1.807, 2.05) is 12.1 Å². The lowest BCUT2D eigenvalue weighted by Crippen LogP contribution is -2.22. The summed E-state index contributed by atoms with van der Waals surface area (Å²) in [5.74, 6) is 2.74. The van der Waals surface area contributed by atoms with Gasteiger partial charge in [-0.15, -0.1) is 0 Å². The largest absolute Gasteiger partial charge is 0.497 e. The second-order valence-corrected chi connectivity index (χ2v) is 5.64. The molecule has 1 N–H and O–H groups in total. The molecule has 0 radical (unpaired) electrons. The minimum atomic E-state index is 0.386. The first kappa shape index (κ1) is 15.2. The number of methoxy groups -OCH3 is 2. The summed E-state index contributed by atoms with van der Waals surface area (Å²) in [6, 6.07) is 6.53.